The summed E-state index contributed by atoms with van der Waals surface area (Å²) in [4.78, 5) is 24.2. The summed E-state index contributed by atoms with van der Waals surface area (Å²) in [6.45, 7) is 5.20. The molecule has 0 atom stereocenters. The number of nitrogens with zero attached hydrogens (tertiary/aromatic N) is 1. The lowest BCUT2D eigenvalue weighted by atomic mass is 10.2. The van der Waals surface area contributed by atoms with E-state index in [2.05, 4.69) is 5.32 Å². The van der Waals surface area contributed by atoms with Crippen LogP contribution in [0.4, 0.5) is 5.69 Å². The Bertz CT molecular complexity index is 460. The van der Waals surface area contributed by atoms with Gasteiger partial charge in [0.15, 0.2) is 0 Å². The van der Waals surface area contributed by atoms with Crippen molar-refractivity contribution in [3.8, 4) is 0 Å². The molecule has 0 heterocycles. The molecule has 0 aliphatic carbocycles. The quantitative estimate of drug-likeness (QED) is 0.764. The summed E-state index contributed by atoms with van der Waals surface area (Å²) in [5.41, 5.74) is 1.90. The fraction of sp³-hybridized carbons (Fsp3) is 0.467. The number of aryl methyl sites for hydroxylation is 1. The summed E-state index contributed by atoms with van der Waals surface area (Å²) in [7, 11) is 0. The van der Waals surface area contributed by atoms with E-state index < -0.39 is 5.97 Å². The maximum atomic E-state index is 11.8. The molecule has 0 aromatic heterocycles. The van der Waals surface area contributed by atoms with Crippen LogP contribution in [0.15, 0.2) is 24.3 Å². The Balaban J connectivity index is 2.31. The molecule has 5 nitrogen and oxygen atoms in total. The van der Waals surface area contributed by atoms with Crippen LogP contribution in [0.3, 0.4) is 0 Å². The SMILES string of the molecule is CCN(CCCC(=O)Nc1cccc(C)c1)CC(=O)O. The zero-order valence-electron chi connectivity index (χ0n) is 12.1. The predicted octanol–water partition coefficient (Wildman–Crippen LogP) is 2.12. The summed E-state index contributed by atoms with van der Waals surface area (Å²) in [6.07, 6.45) is 1.04. The van der Waals surface area contributed by atoms with Gasteiger partial charge in [-0.25, -0.2) is 0 Å². The Kier molecular flexibility index (Phi) is 6.73. The first kappa shape index (κ1) is 16.2. The molecule has 1 rings (SSSR count). The molecule has 0 aliphatic rings. The fourth-order valence-corrected chi connectivity index (χ4v) is 1.95. The molecular formula is C15H22N2O3. The molecule has 1 amide bonds. The van der Waals surface area contributed by atoms with Gasteiger partial charge in [0.2, 0.25) is 5.91 Å². The van der Waals surface area contributed by atoms with Crippen molar-refractivity contribution in [2.75, 3.05) is 25.0 Å². The van der Waals surface area contributed by atoms with Crippen molar-refractivity contribution in [1.29, 1.82) is 0 Å². The minimum atomic E-state index is -0.837. The number of carboxylic acids is 1. The lowest BCUT2D eigenvalue weighted by Gasteiger charge is -2.17. The number of benzene rings is 1. The van der Waals surface area contributed by atoms with Gasteiger partial charge in [-0.3, -0.25) is 14.5 Å². The first-order chi connectivity index (χ1) is 9.51. The monoisotopic (exact) mass is 278 g/mol. The highest BCUT2D eigenvalue weighted by atomic mass is 16.4. The lowest BCUT2D eigenvalue weighted by molar-refractivity contribution is -0.138. The van der Waals surface area contributed by atoms with Crippen molar-refractivity contribution >= 4 is 17.6 Å². The topological polar surface area (TPSA) is 69.6 Å². The number of aliphatic carboxylic acids is 1. The average Bonchev–Trinajstić information content (AvgIpc) is 2.37. The first-order valence-electron chi connectivity index (χ1n) is 6.82. The van der Waals surface area contributed by atoms with Gasteiger partial charge in [-0.15, -0.1) is 0 Å². The van der Waals surface area contributed by atoms with Crippen molar-refractivity contribution in [3.63, 3.8) is 0 Å². The second-order valence-corrected chi connectivity index (χ2v) is 4.78. The molecule has 1 aromatic rings. The smallest absolute Gasteiger partial charge is 0.317 e. The third kappa shape index (κ3) is 6.33. The van der Waals surface area contributed by atoms with Crippen LogP contribution in [0.5, 0.6) is 0 Å². The van der Waals surface area contributed by atoms with Crippen molar-refractivity contribution < 1.29 is 14.7 Å². The van der Waals surface area contributed by atoms with Crippen molar-refractivity contribution in [1.82, 2.24) is 4.90 Å². The first-order valence-corrected chi connectivity index (χ1v) is 6.82. The van der Waals surface area contributed by atoms with Crippen LogP contribution in [0.2, 0.25) is 0 Å². The van der Waals surface area contributed by atoms with Gasteiger partial charge < -0.3 is 10.4 Å². The van der Waals surface area contributed by atoms with Gasteiger partial charge >= 0.3 is 5.97 Å². The minimum absolute atomic E-state index is 0.0238. The maximum absolute atomic E-state index is 11.8. The molecule has 0 spiro atoms. The van der Waals surface area contributed by atoms with Gasteiger partial charge in [0, 0.05) is 12.1 Å². The van der Waals surface area contributed by atoms with Gasteiger partial charge in [0.05, 0.1) is 6.54 Å². The molecule has 110 valence electrons. The van der Waals surface area contributed by atoms with Crippen LogP contribution in [0.1, 0.15) is 25.3 Å². The number of nitrogens with one attached hydrogen (secondary N) is 1. The zero-order chi connectivity index (χ0) is 15.0. The minimum Gasteiger partial charge on any atom is -0.480 e. The number of likely N-dealkylation sites (N-methyl/N-ethyl adjacent to an activating group) is 1. The highest BCUT2D eigenvalue weighted by molar-refractivity contribution is 5.90. The molecule has 0 radical (unpaired) electrons. The van der Waals surface area contributed by atoms with Crippen LogP contribution in [0, 0.1) is 6.92 Å². The molecule has 1 aromatic carbocycles. The van der Waals surface area contributed by atoms with E-state index in [-0.39, 0.29) is 12.5 Å². The standard InChI is InChI=1S/C15H22N2O3/c1-3-17(11-15(19)20)9-5-8-14(18)16-13-7-4-6-12(2)10-13/h4,6-7,10H,3,5,8-9,11H2,1-2H3,(H,16,18)(H,19,20). The summed E-state index contributed by atoms with van der Waals surface area (Å²) in [6, 6.07) is 7.64. The van der Waals surface area contributed by atoms with Gasteiger partial charge in [-0.05, 0) is 44.1 Å². The summed E-state index contributed by atoms with van der Waals surface area (Å²) in [5, 5.41) is 11.6. The Morgan fingerprint density at radius 2 is 2.10 bits per heavy atom. The summed E-state index contributed by atoms with van der Waals surface area (Å²) in [5.74, 6) is -0.877. The number of carbonyl (C=O) groups excluding carboxylic acids is 1. The van der Waals surface area contributed by atoms with Gasteiger partial charge in [0.25, 0.3) is 0 Å². The second-order valence-electron chi connectivity index (χ2n) is 4.78. The Labute approximate surface area is 119 Å². The molecule has 0 aliphatic heterocycles. The van der Waals surface area contributed by atoms with E-state index in [0.717, 1.165) is 11.3 Å². The number of carbonyl (C=O) groups is 2. The number of hydrogen-bond donors (Lipinski definition) is 2. The Morgan fingerprint density at radius 3 is 2.70 bits per heavy atom. The van der Waals surface area contributed by atoms with Crippen molar-refractivity contribution in [2.24, 2.45) is 0 Å². The molecule has 5 heteroatoms. The van der Waals surface area contributed by atoms with Gasteiger partial charge in [0.1, 0.15) is 0 Å². The normalized spacial score (nSPS) is 10.6. The number of amides is 1. The molecule has 0 unspecified atom stereocenters. The maximum Gasteiger partial charge on any atom is 0.317 e. The number of hydrogen-bond acceptors (Lipinski definition) is 3. The van der Waals surface area contributed by atoms with E-state index in [1.54, 1.807) is 0 Å². The van der Waals surface area contributed by atoms with E-state index in [1.807, 2.05) is 43.0 Å². The highest BCUT2D eigenvalue weighted by Gasteiger charge is 2.08. The zero-order valence-corrected chi connectivity index (χ0v) is 12.1. The molecule has 0 saturated heterocycles. The largest absolute Gasteiger partial charge is 0.480 e. The molecule has 0 bridgehead atoms. The number of rotatable bonds is 8. The lowest BCUT2D eigenvalue weighted by Crippen LogP contribution is -2.31. The third-order valence-electron chi connectivity index (χ3n) is 2.99. The van der Waals surface area contributed by atoms with Crippen LogP contribution in [-0.2, 0) is 9.59 Å². The van der Waals surface area contributed by atoms with Gasteiger partial charge in [-0.2, -0.15) is 0 Å². The van der Waals surface area contributed by atoms with Gasteiger partial charge in [-0.1, -0.05) is 19.1 Å². The molecule has 0 fully saturated rings. The Hall–Kier alpha value is -1.88. The Morgan fingerprint density at radius 1 is 1.35 bits per heavy atom. The number of carboxylic acid groups (broad SMARTS) is 1. The molecular weight excluding hydrogens is 256 g/mol. The summed E-state index contributed by atoms with van der Waals surface area (Å²) < 4.78 is 0. The van der Waals surface area contributed by atoms with E-state index >= 15 is 0 Å². The van der Waals surface area contributed by atoms with Crippen molar-refractivity contribution in [2.45, 2.75) is 26.7 Å². The van der Waals surface area contributed by atoms with Crippen LogP contribution < -0.4 is 5.32 Å². The predicted molar refractivity (Wildman–Crippen MR) is 78.8 cm³/mol. The second kappa shape index (κ2) is 8.32. The fourth-order valence-electron chi connectivity index (χ4n) is 1.95. The third-order valence-corrected chi connectivity index (χ3v) is 2.99. The number of anilines is 1. The van der Waals surface area contributed by atoms with Crippen LogP contribution in [-0.4, -0.2) is 41.5 Å². The van der Waals surface area contributed by atoms with E-state index in [1.165, 1.54) is 0 Å². The summed E-state index contributed by atoms with van der Waals surface area (Å²) >= 11 is 0. The van der Waals surface area contributed by atoms with Crippen LogP contribution >= 0.6 is 0 Å². The molecule has 20 heavy (non-hydrogen) atoms. The van der Waals surface area contributed by atoms with Crippen LogP contribution in [0.25, 0.3) is 0 Å². The van der Waals surface area contributed by atoms with E-state index in [0.29, 0.717) is 25.9 Å². The van der Waals surface area contributed by atoms with E-state index in [4.69, 9.17) is 5.11 Å². The van der Waals surface area contributed by atoms with E-state index in [9.17, 15) is 9.59 Å². The molecule has 2 N–H and O–H groups in total. The molecule has 0 saturated carbocycles. The average molecular weight is 278 g/mol. The highest BCUT2D eigenvalue weighted by Crippen LogP contribution is 2.10. The van der Waals surface area contributed by atoms with Crippen molar-refractivity contribution in [3.05, 3.63) is 29.8 Å².